The van der Waals surface area contributed by atoms with Gasteiger partial charge >= 0.3 is 0 Å². The van der Waals surface area contributed by atoms with Gasteiger partial charge in [-0.1, -0.05) is 13.8 Å². The lowest BCUT2D eigenvalue weighted by atomic mass is 9.79. The van der Waals surface area contributed by atoms with Crippen LogP contribution >= 0.6 is 0 Å². The van der Waals surface area contributed by atoms with Crippen molar-refractivity contribution in [3.63, 3.8) is 0 Å². The van der Waals surface area contributed by atoms with Crippen LogP contribution in [-0.4, -0.2) is 30.7 Å². The van der Waals surface area contributed by atoms with Gasteiger partial charge in [-0.2, -0.15) is 0 Å². The van der Waals surface area contributed by atoms with Crippen molar-refractivity contribution in [3.8, 4) is 0 Å². The van der Waals surface area contributed by atoms with Crippen molar-refractivity contribution in [2.24, 2.45) is 0 Å². The number of nitrogens with one attached hydrogen (secondary N) is 1. The molecule has 0 aromatic carbocycles. The molecule has 0 spiro atoms. The Morgan fingerprint density at radius 3 is 2.56 bits per heavy atom. The minimum Gasteiger partial charge on any atom is -0.375 e. The number of hydrogen-bond donors (Lipinski definition) is 1. The highest BCUT2D eigenvalue weighted by Crippen LogP contribution is 2.38. The minimum absolute atomic E-state index is 0.397. The van der Waals surface area contributed by atoms with Gasteiger partial charge < -0.3 is 10.1 Å². The van der Waals surface area contributed by atoms with Crippen LogP contribution in [0.5, 0.6) is 0 Å². The Kier molecular flexibility index (Phi) is 4.68. The maximum atomic E-state index is 13.3. The van der Waals surface area contributed by atoms with Gasteiger partial charge in [0.1, 0.15) is 0 Å². The number of hydrogen-bond acceptors (Lipinski definition) is 2. The molecule has 4 heteroatoms. The van der Waals surface area contributed by atoms with E-state index in [1.165, 1.54) is 0 Å². The standard InChI is InChI=1S/C12H23F2NO/c1-4-7-15-12(10(13)14)6-8-16-11(3,5-2)9-12/h10,15H,4-9H2,1-3H3. The predicted octanol–water partition coefficient (Wildman–Crippen LogP) is 2.97. The molecule has 1 aliphatic rings. The fourth-order valence-corrected chi connectivity index (χ4v) is 2.30. The van der Waals surface area contributed by atoms with Gasteiger partial charge in [-0.25, -0.2) is 8.78 Å². The monoisotopic (exact) mass is 235 g/mol. The lowest BCUT2D eigenvalue weighted by molar-refractivity contribution is -0.134. The second-order valence-corrected chi connectivity index (χ2v) is 4.96. The molecule has 2 nitrogen and oxygen atoms in total. The Hall–Kier alpha value is -0.220. The predicted molar refractivity (Wildman–Crippen MR) is 60.9 cm³/mol. The van der Waals surface area contributed by atoms with Crippen LogP contribution in [0.1, 0.15) is 46.5 Å². The molecule has 2 unspecified atom stereocenters. The van der Waals surface area contributed by atoms with Crippen molar-refractivity contribution >= 4 is 0 Å². The maximum Gasteiger partial charge on any atom is 0.256 e. The van der Waals surface area contributed by atoms with Gasteiger partial charge in [0.25, 0.3) is 6.43 Å². The van der Waals surface area contributed by atoms with Gasteiger partial charge in [-0.15, -0.1) is 0 Å². The Balaban J connectivity index is 2.76. The van der Waals surface area contributed by atoms with E-state index in [1.54, 1.807) is 0 Å². The quantitative estimate of drug-likeness (QED) is 0.791. The number of halogens is 2. The van der Waals surface area contributed by atoms with Gasteiger partial charge in [0.15, 0.2) is 0 Å². The Morgan fingerprint density at radius 1 is 1.38 bits per heavy atom. The molecule has 0 aromatic rings. The Bertz CT molecular complexity index is 225. The molecular weight excluding hydrogens is 212 g/mol. The van der Waals surface area contributed by atoms with E-state index in [0.29, 0.717) is 26.0 Å². The zero-order valence-corrected chi connectivity index (χ0v) is 10.5. The van der Waals surface area contributed by atoms with E-state index in [4.69, 9.17) is 4.74 Å². The van der Waals surface area contributed by atoms with Gasteiger partial charge in [0, 0.05) is 6.61 Å². The van der Waals surface area contributed by atoms with E-state index in [0.717, 1.165) is 12.8 Å². The first-order valence-electron chi connectivity index (χ1n) is 6.15. The molecule has 0 amide bonds. The zero-order chi connectivity index (χ0) is 12.2. The smallest absolute Gasteiger partial charge is 0.256 e. The van der Waals surface area contributed by atoms with E-state index < -0.39 is 17.6 Å². The van der Waals surface area contributed by atoms with Crippen molar-refractivity contribution in [2.45, 2.75) is 64.0 Å². The molecule has 1 saturated heterocycles. The van der Waals surface area contributed by atoms with E-state index in [2.05, 4.69) is 5.32 Å². The van der Waals surface area contributed by atoms with Gasteiger partial charge in [0.05, 0.1) is 11.1 Å². The molecule has 1 rings (SSSR count). The fourth-order valence-electron chi connectivity index (χ4n) is 2.30. The summed E-state index contributed by atoms with van der Waals surface area (Å²) in [6.45, 7) is 6.97. The van der Waals surface area contributed by atoms with Gasteiger partial charge in [-0.3, -0.25) is 0 Å². The third-order valence-corrected chi connectivity index (χ3v) is 3.58. The SMILES string of the molecule is CCCNC1(C(F)F)CCOC(C)(CC)C1. The molecule has 96 valence electrons. The van der Waals surface area contributed by atoms with E-state index in [1.807, 2.05) is 20.8 Å². The van der Waals surface area contributed by atoms with Crippen molar-refractivity contribution in [1.29, 1.82) is 0 Å². The van der Waals surface area contributed by atoms with Crippen molar-refractivity contribution < 1.29 is 13.5 Å². The van der Waals surface area contributed by atoms with Gasteiger partial charge in [0.2, 0.25) is 0 Å². The van der Waals surface area contributed by atoms with Crippen LogP contribution in [-0.2, 0) is 4.74 Å². The highest BCUT2D eigenvalue weighted by molar-refractivity contribution is 4.99. The molecule has 16 heavy (non-hydrogen) atoms. The first-order chi connectivity index (χ1) is 7.48. The second-order valence-electron chi connectivity index (χ2n) is 4.96. The lowest BCUT2D eigenvalue weighted by Gasteiger charge is -2.46. The number of ether oxygens (including phenoxy) is 1. The van der Waals surface area contributed by atoms with Crippen LogP contribution in [0.3, 0.4) is 0 Å². The summed E-state index contributed by atoms with van der Waals surface area (Å²) in [4.78, 5) is 0. The molecule has 1 fully saturated rings. The highest BCUT2D eigenvalue weighted by atomic mass is 19.3. The second kappa shape index (κ2) is 5.41. The number of rotatable bonds is 5. The summed E-state index contributed by atoms with van der Waals surface area (Å²) in [5, 5.41) is 3.04. The molecule has 1 aliphatic heterocycles. The molecule has 2 atom stereocenters. The zero-order valence-electron chi connectivity index (χ0n) is 10.5. The van der Waals surface area contributed by atoms with Crippen molar-refractivity contribution in [3.05, 3.63) is 0 Å². The molecule has 1 N–H and O–H groups in total. The van der Waals surface area contributed by atoms with Crippen LogP contribution in [0.15, 0.2) is 0 Å². The summed E-state index contributed by atoms with van der Waals surface area (Å²) < 4.78 is 32.1. The maximum absolute atomic E-state index is 13.3. The van der Waals surface area contributed by atoms with E-state index in [-0.39, 0.29) is 0 Å². The fraction of sp³-hybridized carbons (Fsp3) is 1.00. The first kappa shape index (κ1) is 13.8. The highest BCUT2D eigenvalue weighted by Gasteiger charge is 2.47. The average molecular weight is 235 g/mol. The summed E-state index contributed by atoms with van der Waals surface area (Å²) in [5.74, 6) is 0. The van der Waals surface area contributed by atoms with Crippen LogP contribution < -0.4 is 5.32 Å². The third kappa shape index (κ3) is 2.92. The summed E-state index contributed by atoms with van der Waals surface area (Å²) in [6.07, 6.45) is 0.121. The van der Waals surface area contributed by atoms with Crippen LogP contribution in [0, 0.1) is 0 Å². The molecule has 0 aliphatic carbocycles. The first-order valence-corrected chi connectivity index (χ1v) is 6.15. The lowest BCUT2D eigenvalue weighted by Crippen LogP contribution is -2.59. The molecule has 0 radical (unpaired) electrons. The van der Waals surface area contributed by atoms with Crippen molar-refractivity contribution in [1.82, 2.24) is 5.32 Å². The Labute approximate surface area is 96.7 Å². The molecular formula is C12H23F2NO. The average Bonchev–Trinajstić information content (AvgIpc) is 2.26. The van der Waals surface area contributed by atoms with E-state index in [9.17, 15) is 8.78 Å². The normalized spacial score (nSPS) is 35.6. The number of alkyl halides is 2. The van der Waals surface area contributed by atoms with Crippen LogP contribution in [0.4, 0.5) is 8.78 Å². The molecule has 1 heterocycles. The minimum atomic E-state index is -2.33. The summed E-state index contributed by atoms with van der Waals surface area (Å²) in [7, 11) is 0. The van der Waals surface area contributed by atoms with E-state index >= 15 is 0 Å². The summed E-state index contributed by atoms with van der Waals surface area (Å²) in [5.41, 5.74) is -1.45. The van der Waals surface area contributed by atoms with Gasteiger partial charge in [-0.05, 0) is 39.2 Å². The van der Waals surface area contributed by atoms with Crippen molar-refractivity contribution in [2.75, 3.05) is 13.2 Å². The topological polar surface area (TPSA) is 21.3 Å². The van der Waals surface area contributed by atoms with Crippen LogP contribution in [0.2, 0.25) is 0 Å². The Morgan fingerprint density at radius 2 is 2.06 bits per heavy atom. The third-order valence-electron chi connectivity index (χ3n) is 3.58. The molecule has 0 bridgehead atoms. The molecule has 0 aromatic heterocycles. The van der Waals surface area contributed by atoms with Crippen LogP contribution in [0.25, 0.3) is 0 Å². The molecule has 0 saturated carbocycles. The largest absolute Gasteiger partial charge is 0.375 e. The summed E-state index contributed by atoms with van der Waals surface area (Å²) in [6, 6.07) is 0. The summed E-state index contributed by atoms with van der Waals surface area (Å²) >= 11 is 0.